The number of halogens is 2. The van der Waals surface area contributed by atoms with Gasteiger partial charge in [-0.1, -0.05) is 6.07 Å². The topological polar surface area (TPSA) is 40.5 Å². The van der Waals surface area contributed by atoms with Gasteiger partial charge < -0.3 is 10.0 Å². The summed E-state index contributed by atoms with van der Waals surface area (Å²) >= 11 is 8.24. The van der Waals surface area contributed by atoms with Crippen LogP contribution in [0.3, 0.4) is 0 Å². The number of rotatable bonds is 1. The van der Waals surface area contributed by atoms with E-state index in [0.29, 0.717) is 18.0 Å². The predicted molar refractivity (Wildman–Crippen MR) is 86.3 cm³/mol. The molecule has 1 aliphatic rings. The number of nitrogens with zero attached hydrogens (tertiary/aromatic N) is 1. The molecule has 1 aromatic heterocycles. The zero-order chi connectivity index (χ0) is 14.3. The summed E-state index contributed by atoms with van der Waals surface area (Å²) in [7, 11) is 0. The minimum Gasteiger partial charge on any atom is -0.508 e. The van der Waals surface area contributed by atoms with Crippen molar-refractivity contribution in [3.8, 4) is 5.75 Å². The van der Waals surface area contributed by atoms with Crippen LogP contribution in [-0.2, 0) is 13.0 Å². The molecule has 6 heteroatoms. The average molecular weight is 417 g/mol. The Bertz CT molecular complexity index is 664. The molecule has 20 heavy (non-hydrogen) atoms. The first-order valence-corrected chi connectivity index (χ1v) is 8.49. The van der Waals surface area contributed by atoms with Crippen molar-refractivity contribution in [3.05, 3.63) is 48.5 Å². The maximum absolute atomic E-state index is 12.5. The zero-order valence-corrected chi connectivity index (χ0v) is 14.4. The van der Waals surface area contributed by atoms with Gasteiger partial charge in [-0.25, -0.2) is 0 Å². The van der Waals surface area contributed by atoms with Crippen molar-refractivity contribution in [2.45, 2.75) is 13.0 Å². The Balaban J connectivity index is 1.84. The maximum atomic E-state index is 12.5. The summed E-state index contributed by atoms with van der Waals surface area (Å²) in [5, 5.41) is 9.56. The van der Waals surface area contributed by atoms with Crippen LogP contribution < -0.4 is 0 Å². The van der Waals surface area contributed by atoms with Crippen LogP contribution in [0.1, 0.15) is 20.8 Å². The number of hydrogen-bond acceptors (Lipinski definition) is 3. The third-order valence-electron chi connectivity index (χ3n) is 3.35. The van der Waals surface area contributed by atoms with Crippen molar-refractivity contribution in [2.24, 2.45) is 0 Å². The molecule has 3 nitrogen and oxygen atoms in total. The lowest BCUT2D eigenvalue weighted by Crippen LogP contribution is -2.35. The van der Waals surface area contributed by atoms with E-state index in [1.54, 1.807) is 12.1 Å². The van der Waals surface area contributed by atoms with E-state index in [-0.39, 0.29) is 11.7 Å². The Morgan fingerprint density at radius 2 is 2.05 bits per heavy atom. The molecule has 0 spiro atoms. The van der Waals surface area contributed by atoms with Gasteiger partial charge in [0.15, 0.2) is 0 Å². The summed E-state index contributed by atoms with van der Waals surface area (Å²) in [5.41, 5.74) is 2.24. The zero-order valence-electron chi connectivity index (χ0n) is 10.4. The van der Waals surface area contributed by atoms with Crippen molar-refractivity contribution in [1.29, 1.82) is 0 Å². The molecule has 0 saturated heterocycles. The molecule has 1 N–H and O–H groups in total. The molecule has 0 radical (unpaired) electrons. The first-order chi connectivity index (χ1) is 9.54. The number of phenols is 1. The van der Waals surface area contributed by atoms with Crippen molar-refractivity contribution in [3.63, 3.8) is 0 Å². The second-order valence-corrected chi connectivity index (χ2v) is 7.89. The normalized spacial score (nSPS) is 14.2. The van der Waals surface area contributed by atoms with Gasteiger partial charge in [-0.15, -0.1) is 11.3 Å². The molecule has 2 aromatic rings. The fourth-order valence-corrected chi connectivity index (χ4v) is 4.33. The fourth-order valence-electron chi connectivity index (χ4n) is 2.32. The van der Waals surface area contributed by atoms with E-state index in [9.17, 15) is 9.90 Å². The number of fused-ring (bicyclic) bond motifs is 1. The summed E-state index contributed by atoms with van der Waals surface area (Å²) in [5.74, 6) is 0.287. The van der Waals surface area contributed by atoms with Gasteiger partial charge >= 0.3 is 0 Å². The van der Waals surface area contributed by atoms with Crippen LogP contribution >= 0.6 is 43.2 Å². The van der Waals surface area contributed by atoms with Crippen molar-refractivity contribution >= 4 is 49.1 Å². The summed E-state index contributed by atoms with van der Waals surface area (Å²) in [4.78, 5) is 15.0. The van der Waals surface area contributed by atoms with Gasteiger partial charge in [-0.2, -0.15) is 0 Å². The molecule has 0 unspecified atom stereocenters. The van der Waals surface area contributed by atoms with E-state index in [4.69, 9.17) is 0 Å². The summed E-state index contributed by atoms with van der Waals surface area (Å²) in [6.45, 7) is 1.26. The summed E-state index contributed by atoms with van der Waals surface area (Å²) in [6.07, 6.45) is 0.828. The van der Waals surface area contributed by atoms with Gasteiger partial charge in [0.05, 0.1) is 8.66 Å². The highest BCUT2D eigenvalue weighted by atomic mass is 79.9. The number of phenolic OH excluding ortho intramolecular Hbond substituents is 1. The van der Waals surface area contributed by atoms with Crippen LogP contribution in [0.25, 0.3) is 0 Å². The van der Waals surface area contributed by atoms with Crippen LogP contribution in [-0.4, -0.2) is 22.5 Å². The number of thiophene rings is 1. The first kappa shape index (κ1) is 14.1. The lowest BCUT2D eigenvalue weighted by Gasteiger charge is -2.28. The molecule has 0 fully saturated rings. The van der Waals surface area contributed by atoms with Gasteiger partial charge in [0.1, 0.15) is 5.75 Å². The van der Waals surface area contributed by atoms with E-state index < -0.39 is 0 Å². The van der Waals surface area contributed by atoms with E-state index in [2.05, 4.69) is 31.9 Å². The number of aromatic hydroxyl groups is 1. The van der Waals surface area contributed by atoms with Gasteiger partial charge in [0.2, 0.25) is 0 Å². The molecule has 0 saturated carbocycles. The average Bonchev–Trinajstić information content (AvgIpc) is 2.77. The highest BCUT2D eigenvalue weighted by molar-refractivity contribution is 9.13. The van der Waals surface area contributed by atoms with Crippen LogP contribution in [0, 0.1) is 0 Å². The SMILES string of the molecule is O=C(c1cc(Br)c(Br)s1)N1CCc2ccc(O)cc2C1. The molecular formula is C14H11Br2NO2S. The number of carbonyl (C=O) groups is 1. The Labute approximate surface area is 137 Å². The minimum absolute atomic E-state index is 0.0374. The molecule has 104 valence electrons. The van der Waals surface area contributed by atoms with Crippen molar-refractivity contribution in [2.75, 3.05) is 6.54 Å². The predicted octanol–water partition coefficient (Wildman–Crippen LogP) is 4.18. The van der Waals surface area contributed by atoms with E-state index in [0.717, 1.165) is 20.2 Å². The molecular weight excluding hydrogens is 406 g/mol. The number of benzene rings is 1. The van der Waals surface area contributed by atoms with Crippen LogP contribution in [0.2, 0.25) is 0 Å². The lowest BCUT2D eigenvalue weighted by atomic mass is 9.99. The fraction of sp³-hybridized carbons (Fsp3) is 0.214. The Morgan fingerprint density at radius 3 is 2.75 bits per heavy atom. The highest BCUT2D eigenvalue weighted by Crippen LogP contribution is 2.34. The highest BCUT2D eigenvalue weighted by Gasteiger charge is 2.23. The lowest BCUT2D eigenvalue weighted by molar-refractivity contribution is 0.0739. The monoisotopic (exact) mass is 415 g/mol. The first-order valence-electron chi connectivity index (χ1n) is 6.09. The van der Waals surface area contributed by atoms with Crippen LogP contribution in [0.15, 0.2) is 32.5 Å². The van der Waals surface area contributed by atoms with Crippen LogP contribution in [0.4, 0.5) is 0 Å². The third kappa shape index (κ3) is 2.64. The van der Waals surface area contributed by atoms with Crippen molar-refractivity contribution < 1.29 is 9.90 Å². The standard InChI is InChI=1S/C14H11Br2NO2S/c15-11-6-12(20-13(11)16)14(19)17-4-3-8-1-2-10(18)5-9(8)7-17/h1-2,5-6,18H,3-4,7H2. The molecule has 0 aliphatic carbocycles. The van der Waals surface area contributed by atoms with Gasteiger partial charge in [-0.05, 0) is 67.6 Å². The molecule has 1 aromatic carbocycles. The van der Waals surface area contributed by atoms with Gasteiger partial charge in [0, 0.05) is 17.6 Å². The number of hydrogen-bond donors (Lipinski definition) is 1. The molecule has 0 atom stereocenters. The summed E-state index contributed by atoms with van der Waals surface area (Å²) in [6, 6.07) is 7.22. The van der Waals surface area contributed by atoms with Crippen LogP contribution in [0.5, 0.6) is 5.75 Å². The minimum atomic E-state index is 0.0374. The summed E-state index contributed by atoms with van der Waals surface area (Å²) < 4.78 is 1.83. The second kappa shape index (κ2) is 5.50. The quantitative estimate of drug-likeness (QED) is 0.757. The smallest absolute Gasteiger partial charge is 0.264 e. The second-order valence-electron chi connectivity index (χ2n) is 4.66. The molecule has 2 heterocycles. The van der Waals surface area contributed by atoms with E-state index in [1.807, 2.05) is 17.0 Å². The maximum Gasteiger partial charge on any atom is 0.264 e. The number of amides is 1. The Morgan fingerprint density at radius 1 is 1.25 bits per heavy atom. The van der Waals surface area contributed by atoms with Gasteiger partial charge in [-0.3, -0.25) is 4.79 Å². The Kier molecular flexibility index (Phi) is 3.88. The molecule has 1 amide bonds. The van der Waals surface area contributed by atoms with E-state index >= 15 is 0 Å². The molecule has 1 aliphatic heterocycles. The largest absolute Gasteiger partial charge is 0.508 e. The van der Waals surface area contributed by atoms with Gasteiger partial charge in [0.25, 0.3) is 5.91 Å². The third-order valence-corrected chi connectivity index (χ3v) is 6.59. The molecule has 0 bridgehead atoms. The Hall–Kier alpha value is -0.850. The molecule has 3 rings (SSSR count). The van der Waals surface area contributed by atoms with E-state index in [1.165, 1.54) is 16.9 Å². The number of carbonyl (C=O) groups excluding carboxylic acids is 1. The van der Waals surface area contributed by atoms with Crippen molar-refractivity contribution in [1.82, 2.24) is 4.90 Å².